The lowest BCUT2D eigenvalue weighted by atomic mass is 9.84. The van der Waals surface area contributed by atoms with Crippen molar-refractivity contribution < 1.29 is 8.78 Å². The smallest absolute Gasteiger partial charge is 0.223 e. The van der Waals surface area contributed by atoms with Gasteiger partial charge in [0.05, 0.1) is 11.0 Å². The van der Waals surface area contributed by atoms with Crippen molar-refractivity contribution >= 4 is 54.1 Å². The molecule has 6 aromatic carbocycles. The summed E-state index contributed by atoms with van der Waals surface area (Å²) in [5.74, 6) is -1.66. The second kappa shape index (κ2) is 8.65. The molecular formula is C36H20F2N2. The van der Waals surface area contributed by atoms with Crippen LogP contribution in [0, 0.1) is 11.9 Å². The third-order valence-corrected chi connectivity index (χ3v) is 7.81. The van der Waals surface area contributed by atoms with E-state index in [0.717, 1.165) is 65.3 Å². The van der Waals surface area contributed by atoms with Gasteiger partial charge < -0.3 is 0 Å². The number of halogens is 2. The molecule has 0 radical (unpaired) electrons. The van der Waals surface area contributed by atoms with Gasteiger partial charge in [-0.05, 0) is 68.4 Å². The fraction of sp³-hybridized carbons (Fsp3) is 0. The van der Waals surface area contributed by atoms with E-state index in [1.807, 2.05) is 60.7 Å². The van der Waals surface area contributed by atoms with Gasteiger partial charge in [-0.2, -0.15) is 13.8 Å². The summed E-state index contributed by atoms with van der Waals surface area (Å²) in [4.78, 5) is 8.56. The molecule has 2 heterocycles. The van der Waals surface area contributed by atoms with Gasteiger partial charge in [-0.25, -0.2) is 4.98 Å². The SMILES string of the molecule is Fc1ccc(-c2c3ccccc3c(-c3cc4cc5ccccc5nc4c4ccccc34)c3ccccc23)c(F)n1. The maximum Gasteiger partial charge on any atom is 0.223 e. The van der Waals surface area contributed by atoms with E-state index in [9.17, 15) is 4.39 Å². The van der Waals surface area contributed by atoms with Crippen molar-refractivity contribution in [1.29, 1.82) is 0 Å². The zero-order chi connectivity index (χ0) is 26.8. The van der Waals surface area contributed by atoms with Crippen LogP contribution in [0.1, 0.15) is 0 Å². The molecule has 0 N–H and O–H groups in total. The van der Waals surface area contributed by atoms with Gasteiger partial charge >= 0.3 is 0 Å². The summed E-state index contributed by atoms with van der Waals surface area (Å²) in [7, 11) is 0. The number of hydrogen-bond acceptors (Lipinski definition) is 2. The minimum atomic E-state index is -0.838. The monoisotopic (exact) mass is 518 g/mol. The van der Waals surface area contributed by atoms with Crippen LogP contribution in [0.25, 0.3) is 76.4 Å². The number of rotatable bonds is 2. The zero-order valence-corrected chi connectivity index (χ0v) is 21.2. The van der Waals surface area contributed by atoms with Crippen LogP contribution in [0.5, 0.6) is 0 Å². The third kappa shape index (κ3) is 3.33. The van der Waals surface area contributed by atoms with E-state index in [0.29, 0.717) is 5.56 Å². The maximum atomic E-state index is 15.2. The average molecular weight is 519 g/mol. The highest BCUT2D eigenvalue weighted by Gasteiger charge is 2.21. The van der Waals surface area contributed by atoms with Crippen LogP contribution in [-0.2, 0) is 0 Å². The van der Waals surface area contributed by atoms with Gasteiger partial charge in [0.15, 0.2) is 0 Å². The van der Waals surface area contributed by atoms with Crippen LogP contribution >= 0.6 is 0 Å². The highest BCUT2D eigenvalue weighted by molar-refractivity contribution is 6.25. The highest BCUT2D eigenvalue weighted by Crippen LogP contribution is 2.46. The number of benzene rings is 6. The molecule has 4 heteroatoms. The van der Waals surface area contributed by atoms with Crippen LogP contribution in [0.4, 0.5) is 8.78 Å². The molecule has 0 aliphatic rings. The average Bonchev–Trinajstić information content (AvgIpc) is 2.99. The summed E-state index contributed by atoms with van der Waals surface area (Å²) in [6.07, 6.45) is 0. The Morgan fingerprint density at radius 2 is 0.975 bits per heavy atom. The number of aromatic nitrogens is 2. The minimum Gasteiger partial charge on any atom is -0.247 e. The van der Waals surface area contributed by atoms with Crippen LogP contribution < -0.4 is 0 Å². The normalized spacial score (nSPS) is 11.8. The molecule has 0 spiro atoms. The largest absolute Gasteiger partial charge is 0.247 e. The van der Waals surface area contributed by atoms with Crippen molar-refractivity contribution in [3.63, 3.8) is 0 Å². The highest BCUT2D eigenvalue weighted by atomic mass is 19.1. The van der Waals surface area contributed by atoms with Crippen molar-refractivity contribution in [2.24, 2.45) is 0 Å². The van der Waals surface area contributed by atoms with E-state index >= 15 is 4.39 Å². The molecule has 2 nitrogen and oxygen atoms in total. The van der Waals surface area contributed by atoms with Gasteiger partial charge in [-0.15, -0.1) is 0 Å². The van der Waals surface area contributed by atoms with Gasteiger partial charge in [0.25, 0.3) is 0 Å². The molecule has 0 bridgehead atoms. The first-order valence-corrected chi connectivity index (χ1v) is 13.1. The van der Waals surface area contributed by atoms with Gasteiger partial charge in [0.2, 0.25) is 11.9 Å². The van der Waals surface area contributed by atoms with Gasteiger partial charge in [-0.3, -0.25) is 0 Å². The fourth-order valence-electron chi connectivity index (χ4n) is 6.13. The van der Waals surface area contributed by atoms with E-state index in [1.165, 1.54) is 12.1 Å². The summed E-state index contributed by atoms with van der Waals surface area (Å²) >= 11 is 0. The lowest BCUT2D eigenvalue weighted by Crippen LogP contribution is -1.96. The molecule has 8 aromatic rings. The van der Waals surface area contributed by atoms with Crippen LogP contribution in [0.3, 0.4) is 0 Å². The third-order valence-electron chi connectivity index (χ3n) is 7.81. The molecule has 0 amide bonds. The standard InChI is InChI=1S/C36H20F2N2/c37-32-18-17-29(36(38)40-32)33-24-11-3-5-13-26(24)34(27-14-6-4-12-25(27)33)30-20-22-19-21-9-1-8-16-31(21)39-35(22)28-15-7-2-10-23(28)30/h1-20H. The van der Waals surface area contributed by atoms with Crippen LogP contribution in [-0.4, -0.2) is 9.97 Å². The first-order chi connectivity index (χ1) is 19.7. The Bertz CT molecular complexity index is 2250. The molecule has 0 unspecified atom stereocenters. The van der Waals surface area contributed by atoms with Crippen molar-refractivity contribution in [2.45, 2.75) is 0 Å². The minimum absolute atomic E-state index is 0.277. The Morgan fingerprint density at radius 1 is 0.425 bits per heavy atom. The summed E-state index contributed by atoms with van der Waals surface area (Å²) in [6, 6.07) is 39.7. The number of hydrogen-bond donors (Lipinski definition) is 0. The summed E-state index contributed by atoms with van der Waals surface area (Å²) in [5, 5.41) is 8.03. The molecule has 188 valence electrons. The second-order valence-corrected chi connectivity index (χ2v) is 10.0. The molecule has 0 fully saturated rings. The number of para-hydroxylation sites is 1. The van der Waals surface area contributed by atoms with Crippen LogP contribution in [0.15, 0.2) is 121 Å². The number of nitrogens with zero attached hydrogens (tertiary/aromatic N) is 2. The molecule has 0 aliphatic carbocycles. The van der Waals surface area contributed by atoms with E-state index in [1.54, 1.807) is 0 Å². The first kappa shape index (κ1) is 22.7. The maximum absolute atomic E-state index is 15.2. The fourth-order valence-corrected chi connectivity index (χ4v) is 6.13. The first-order valence-electron chi connectivity index (χ1n) is 13.1. The lowest BCUT2D eigenvalue weighted by Gasteiger charge is -2.19. The van der Waals surface area contributed by atoms with Crippen molar-refractivity contribution in [3.05, 3.63) is 133 Å². The van der Waals surface area contributed by atoms with Gasteiger partial charge in [0.1, 0.15) is 0 Å². The Labute approximate surface area is 228 Å². The molecule has 2 aromatic heterocycles. The van der Waals surface area contributed by atoms with E-state index in [-0.39, 0.29) is 5.56 Å². The number of pyridine rings is 2. The van der Waals surface area contributed by atoms with E-state index < -0.39 is 11.9 Å². The summed E-state index contributed by atoms with van der Waals surface area (Å²) < 4.78 is 29.0. The van der Waals surface area contributed by atoms with Gasteiger partial charge in [-0.1, -0.05) is 91.0 Å². The molecule has 0 aliphatic heterocycles. The summed E-state index contributed by atoms with van der Waals surface area (Å²) in [6.45, 7) is 0. The topological polar surface area (TPSA) is 25.8 Å². The quantitative estimate of drug-likeness (QED) is 0.129. The van der Waals surface area contributed by atoms with Crippen molar-refractivity contribution in [2.75, 3.05) is 0 Å². The predicted molar refractivity (Wildman–Crippen MR) is 160 cm³/mol. The molecule has 0 saturated carbocycles. The second-order valence-electron chi connectivity index (χ2n) is 10.0. The Balaban J connectivity index is 1.57. The van der Waals surface area contributed by atoms with Crippen LogP contribution in [0.2, 0.25) is 0 Å². The van der Waals surface area contributed by atoms with Crippen molar-refractivity contribution in [1.82, 2.24) is 9.97 Å². The molecule has 40 heavy (non-hydrogen) atoms. The molecule has 8 rings (SSSR count). The number of fused-ring (bicyclic) bond motifs is 6. The van der Waals surface area contributed by atoms with E-state index in [4.69, 9.17) is 4.98 Å². The molecule has 0 saturated heterocycles. The van der Waals surface area contributed by atoms with Gasteiger partial charge in [0, 0.05) is 27.3 Å². The predicted octanol–water partition coefficient (Wildman–Crippen LogP) is 9.85. The Morgan fingerprint density at radius 3 is 1.62 bits per heavy atom. The van der Waals surface area contributed by atoms with Crippen molar-refractivity contribution in [3.8, 4) is 22.3 Å². The lowest BCUT2D eigenvalue weighted by molar-refractivity contribution is 0.515. The molecular weight excluding hydrogens is 498 g/mol. The molecule has 0 atom stereocenters. The Kier molecular flexibility index (Phi) is 4.92. The van der Waals surface area contributed by atoms with E-state index in [2.05, 4.69) is 53.5 Å². The zero-order valence-electron chi connectivity index (χ0n) is 21.2. The Hall–Kier alpha value is -5.22. The summed E-state index contributed by atoms with van der Waals surface area (Å²) in [5.41, 5.74) is 5.05.